The Balaban J connectivity index is 2.84. The SMILES string of the molecule is COCCC(NC(=O)C(C)c1c(C)nn(C)c1C)C(=O)O. The number of methoxy groups -OCH3 is 1. The van der Waals surface area contributed by atoms with Crippen molar-refractivity contribution in [3.63, 3.8) is 0 Å². The summed E-state index contributed by atoms with van der Waals surface area (Å²) in [5, 5.41) is 16.0. The smallest absolute Gasteiger partial charge is 0.326 e. The first-order valence-electron chi connectivity index (χ1n) is 6.81. The number of aliphatic carboxylic acids is 1. The Morgan fingerprint density at radius 1 is 1.43 bits per heavy atom. The van der Waals surface area contributed by atoms with E-state index in [9.17, 15) is 9.59 Å². The first-order valence-corrected chi connectivity index (χ1v) is 6.81. The van der Waals surface area contributed by atoms with Gasteiger partial charge in [0.05, 0.1) is 11.6 Å². The number of rotatable bonds is 7. The van der Waals surface area contributed by atoms with Gasteiger partial charge in [-0.1, -0.05) is 0 Å². The third-order valence-corrected chi connectivity index (χ3v) is 3.62. The van der Waals surface area contributed by atoms with E-state index < -0.39 is 17.9 Å². The molecule has 1 heterocycles. The number of amides is 1. The van der Waals surface area contributed by atoms with Crippen LogP contribution in [0.25, 0.3) is 0 Å². The quantitative estimate of drug-likeness (QED) is 0.774. The van der Waals surface area contributed by atoms with Crippen molar-refractivity contribution in [2.45, 2.75) is 39.2 Å². The fourth-order valence-corrected chi connectivity index (χ4v) is 2.34. The predicted octanol–water partition coefficient (Wildman–Crippen LogP) is 0.746. The number of carboxylic acids is 1. The summed E-state index contributed by atoms with van der Waals surface area (Å²) in [6.07, 6.45) is 0.231. The van der Waals surface area contributed by atoms with Crippen LogP contribution in [-0.4, -0.2) is 46.5 Å². The van der Waals surface area contributed by atoms with Crippen LogP contribution < -0.4 is 5.32 Å². The molecule has 0 saturated heterocycles. The van der Waals surface area contributed by atoms with Gasteiger partial charge in [0, 0.05) is 38.4 Å². The van der Waals surface area contributed by atoms with Crippen molar-refractivity contribution < 1.29 is 19.4 Å². The molecule has 1 rings (SSSR count). The van der Waals surface area contributed by atoms with Crippen molar-refractivity contribution in [1.29, 1.82) is 0 Å². The number of carboxylic acid groups (broad SMARTS) is 1. The average molecular weight is 297 g/mol. The zero-order chi connectivity index (χ0) is 16.2. The van der Waals surface area contributed by atoms with E-state index in [1.54, 1.807) is 11.6 Å². The number of carbonyl (C=O) groups is 2. The van der Waals surface area contributed by atoms with Gasteiger partial charge < -0.3 is 15.2 Å². The maximum absolute atomic E-state index is 12.3. The van der Waals surface area contributed by atoms with Gasteiger partial charge in [-0.05, 0) is 20.8 Å². The highest BCUT2D eigenvalue weighted by molar-refractivity contribution is 5.88. The second-order valence-electron chi connectivity index (χ2n) is 5.11. The molecule has 0 radical (unpaired) electrons. The van der Waals surface area contributed by atoms with Crippen LogP contribution in [0, 0.1) is 13.8 Å². The summed E-state index contributed by atoms with van der Waals surface area (Å²) in [6, 6.07) is -0.947. The number of nitrogens with one attached hydrogen (secondary N) is 1. The van der Waals surface area contributed by atoms with E-state index in [4.69, 9.17) is 9.84 Å². The summed E-state index contributed by atoms with van der Waals surface area (Å²) >= 11 is 0. The first-order chi connectivity index (χ1) is 9.79. The lowest BCUT2D eigenvalue weighted by molar-refractivity contribution is -0.142. The topological polar surface area (TPSA) is 93.5 Å². The molecule has 0 aliphatic carbocycles. The van der Waals surface area contributed by atoms with Crippen molar-refractivity contribution in [3.8, 4) is 0 Å². The molecular weight excluding hydrogens is 274 g/mol. The predicted molar refractivity (Wildman–Crippen MR) is 77.2 cm³/mol. The van der Waals surface area contributed by atoms with E-state index in [-0.39, 0.29) is 18.9 Å². The largest absolute Gasteiger partial charge is 0.480 e. The molecule has 0 saturated carbocycles. The van der Waals surface area contributed by atoms with Crippen LogP contribution in [0.15, 0.2) is 0 Å². The van der Waals surface area contributed by atoms with Crippen LogP contribution in [0.4, 0.5) is 0 Å². The second-order valence-corrected chi connectivity index (χ2v) is 5.11. The standard InChI is InChI=1S/C14H23N3O4/c1-8(12-9(2)16-17(4)10(12)3)13(18)15-11(14(19)20)6-7-21-5/h8,11H,6-7H2,1-5H3,(H,15,18)(H,19,20). The molecule has 0 aliphatic rings. The summed E-state index contributed by atoms with van der Waals surface area (Å²) in [6.45, 7) is 5.75. The molecule has 1 aromatic heterocycles. The monoisotopic (exact) mass is 297 g/mol. The van der Waals surface area contributed by atoms with E-state index in [1.807, 2.05) is 20.9 Å². The van der Waals surface area contributed by atoms with Crippen molar-refractivity contribution in [3.05, 3.63) is 17.0 Å². The van der Waals surface area contributed by atoms with Crippen molar-refractivity contribution in [2.75, 3.05) is 13.7 Å². The Morgan fingerprint density at radius 3 is 2.48 bits per heavy atom. The minimum Gasteiger partial charge on any atom is -0.480 e. The molecule has 7 nitrogen and oxygen atoms in total. The highest BCUT2D eigenvalue weighted by Crippen LogP contribution is 2.23. The Bertz CT molecular complexity index is 525. The fraction of sp³-hybridized carbons (Fsp3) is 0.643. The van der Waals surface area contributed by atoms with E-state index >= 15 is 0 Å². The lowest BCUT2D eigenvalue weighted by Crippen LogP contribution is -2.43. The van der Waals surface area contributed by atoms with Crippen LogP contribution in [0.5, 0.6) is 0 Å². The average Bonchev–Trinajstić information content (AvgIpc) is 2.66. The number of carbonyl (C=O) groups excluding carboxylic acids is 1. The van der Waals surface area contributed by atoms with Crippen LogP contribution >= 0.6 is 0 Å². The molecule has 0 spiro atoms. The molecule has 1 aromatic rings. The van der Waals surface area contributed by atoms with Gasteiger partial charge >= 0.3 is 5.97 Å². The van der Waals surface area contributed by atoms with Gasteiger partial charge in [0.1, 0.15) is 6.04 Å². The van der Waals surface area contributed by atoms with Gasteiger partial charge in [0.15, 0.2) is 0 Å². The zero-order valence-electron chi connectivity index (χ0n) is 13.1. The molecule has 2 N–H and O–H groups in total. The van der Waals surface area contributed by atoms with Gasteiger partial charge in [0.2, 0.25) is 5.91 Å². The molecule has 0 aromatic carbocycles. The minimum absolute atomic E-state index is 0.231. The Kier molecular flexibility index (Phi) is 5.90. The minimum atomic E-state index is -1.06. The molecule has 118 valence electrons. The third kappa shape index (κ3) is 4.04. The van der Waals surface area contributed by atoms with E-state index in [0.29, 0.717) is 0 Å². The molecule has 1 amide bonds. The van der Waals surface area contributed by atoms with Gasteiger partial charge in [-0.2, -0.15) is 5.10 Å². The summed E-state index contributed by atoms with van der Waals surface area (Å²) < 4.78 is 6.58. The summed E-state index contributed by atoms with van der Waals surface area (Å²) in [5.41, 5.74) is 2.52. The first kappa shape index (κ1) is 17.2. The maximum atomic E-state index is 12.3. The number of ether oxygens (including phenoxy) is 1. The van der Waals surface area contributed by atoms with E-state index in [2.05, 4.69) is 10.4 Å². The Morgan fingerprint density at radius 2 is 2.05 bits per heavy atom. The number of aromatic nitrogens is 2. The molecular formula is C14H23N3O4. The molecule has 2 atom stereocenters. The Hall–Kier alpha value is -1.89. The van der Waals surface area contributed by atoms with Crippen LogP contribution in [0.1, 0.15) is 36.2 Å². The number of aryl methyl sites for hydroxylation is 2. The molecule has 0 aliphatic heterocycles. The number of hydrogen-bond donors (Lipinski definition) is 2. The lowest BCUT2D eigenvalue weighted by Gasteiger charge is -2.18. The fourth-order valence-electron chi connectivity index (χ4n) is 2.34. The molecule has 0 bridgehead atoms. The maximum Gasteiger partial charge on any atom is 0.326 e. The van der Waals surface area contributed by atoms with Crippen LogP contribution in [-0.2, 0) is 21.4 Å². The van der Waals surface area contributed by atoms with Crippen molar-refractivity contribution in [1.82, 2.24) is 15.1 Å². The van der Waals surface area contributed by atoms with Gasteiger partial charge in [-0.25, -0.2) is 4.79 Å². The molecule has 0 fully saturated rings. The molecule has 2 unspecified atom stereocenters. The van der Waals surface area contributed by atoms with Crippen LogP contribution in [0.2, 0.25) is 0 Å². The van der Waals surface area contributed by atoms with Crippen molar-refractivity contribution in [2.24, 2.45) is 7.05 Å². The number of hydrogen-bond acceptors (Lipinski definition) is 4. The van der Waals surface area contributed by atoms with Crippen LogP contribution in [0.3, 0.4) is 0 Å². The molecule has 21 heavy (non-hydrogen) atoms. The van der Waals surface area contributed by atoms with Gasteiger partial charge in [0.25, 0.3) is 0 Å². The Labute approximate surface area is 124 Å². The molecule has 7 heteroatoms. The highest BCUT2D eigenvalue weighted by Gasteiger charge is 2.26. The van der Waals surface area contributed by atoms with E-state index in [0.717, 1.165) is 17.0 Å². The summed E-state index contributed by atoms with van der Waals surface area (Å²) in [7, 11) is 3.31. The lowest BCUT2D eigenvalue weighted by atomic mass is 9.97. The van der Waals surface area contributed by atoms with Crippen molar-refractivity contribution >= 4 is 11.9 Å². The third-order valence-electron chi connectivity index (χ3n) is 3.62. The van der Waals surface area contributed by atoms with Gasteiger partial charge in [-0.15, -0.1) is 0 Å². The normalized spacial score (nSPS) is 13.8. The van der Waals surface area contributed by atoms with Gasteiger partial charge in [-0.3, -0.25) is 9.48 Å². The van der Waals surface area contributed by atoms with E-state index in [1.165, 1.54) is 7.11 Å². The number of nitrogens with zero attached hydrogens (tertiary/aromatic N) is 2. The zero-order valence-corrected chi connectivity index (χ0v) is 13.1. The summed E-state index contributed by atoms with van der Waals surface area (Å²) in [4.78, 5) is 23.4. The highest BCUT2D eigenvalue weighted by atomic mass is 16.5. The second kappa shape index (κ2) is 7.21. The summed E-state index contributed by atoms with van der Waals surface area (Å²) in [5.74, 6) is -1.84.